The maximum Gasteiger partial charge on any atom is 0.134 e. The summed E-state index contributed by atoms with van der Waals surface area (Å²) in [6.45, 7) is 1.02. The van der Waals surface area contributed by atoms with Crippen molar-refractivity contribution in [2.24, 2.45) is 0 Å². The summed E-state index contributed by atoms with van der Waals surface area (Å²) >= 11 is 0. The maximum atomic E-state index is 5.20. The van der Waals surface area contributed by atoms with Crippen LogP contribution in [0.1, 0.15) is 30.1 Å². The number of rotatable bonds is 4. The minimum atomic E-state index is 0.599. The number of hydrogen-bond acceptors (Lipinski definition) is 4. The molecule has 2 aromatic rings. The van der Waals surface area contributed by atoms with Gasteiger partial charge in [0.2, 0.25) is 0 Å². The van der Waals surface area contributed by atoms with Crippen molar-refractivity contribution in [2.45, 2.75) is 50.7 Å². The first-order valence-electron chi connectivity index (χ1n) is 8.12. The molecule has 1 N–H and O–H groups in total. The van der Waals surface area contributed by atoms with Crippen LogP contribution in [0.2, 0.25) is 0 Å². The highest BCUT2D eigenvalue weighted by molar-refractivity contribution is 5.27. The second-order valence-corrected chi connectivity index (χ2v) is 6.33. The Balaban J connectivity index is 1.47. The third kappa shape index (κ3) is 2.61. The summed E-state index contributed by atoms with van der Waals surface area (Å²) in [6.07, 6.45) is 5.51. The number of aryl methyl sites for hydroxylation is 2. The number of methoxy groups -OCH3 is 1. The second-order valence-electron chi connectivity index (χ2n) is 6.33. The molecule has 5 heteroatoms. The Kier molecular flexibility index (Phi) is 3.58. The monoisotopic (exact) mass is 298 g/mol. The molecule has 2 bridgehead atoms. The number of hydrogen-bond donors (Lipinski definition) is 1. The Morgan fingerprint density at radius 2 is 1.95 bits per heavy atom. The highest BCUT2D eigenvalue weighted by Crippen LogP contribution is 2.23. The Bertz CT molecular complexity index is 649. The Morgan fingerprint density at radius 1 is 1.14 bits per heavy atom. The van der Waals surface area contributed by atoms with Gasteiger partial charge in [-0.1, -0.05) is 12.1 Å². The van der Waals surface area contributed by atoms with E-state index in [2.05, 4.69) is 32.2 Å². The third-order valence-corrected chi connectivity index (χ3v) is 4.87. The summed E-state index contributed by atoms with van der Waals surface area (Å²) in [7, 11) is 1.70. The number of nitrogens with one attached hydrogen (secondary N) is 1. The van der Waals surface area contributed by atoms with Gasteiger partial charge in [0.25, 0.3) is 0 Å². The van der Waals surface area contributed by atoms with E-state index in [0.717, 1.165) is 43.2 Å². The van der Waals surface area contributed by atoms with Crippen LogP contribution in [0, 0.1) is 0 Å². The molecule has 22 heavy (non-hydrogen) atoms. The summed E-state index contributed by atoms with van der Waals surface area (Å²) in [5.41, 5.74) is 1.31. The second kappa shape index (κ2) is 5.72. The lowest BCUT2D eigenvalue weighted by molar-refractivity contribution is 0.414. The van der Waals surface area contributed by atoms with Crippen LogP contribution >= 0.6 is 0 Å². The number of nitrogens with zero attached hydrogens (tertiary/aromatic N) is 3. The molecule has 5 nitrogen and oxygen atoms in total. The summed E-state index contributed by atoms with van der Waals surface area (Å²) in [6, 6.07) is 9.49. The van der Waals surface area contributed by atoms with Crippen LogP contribution in [-0.4, -0.2) is 34.0 Å². The predicted molar refractivity (Wildman–Crippen MR) is 84.1 cm³/mol. The molecule has 1 aromatic carbocycles. The summed E-state index contributed by atoms with van der Waals surface area (Å²) < 4.78 is 7.55. The molecule has 4 rings (SSSR count). The van der Waals surface area contributed by atoms with Crippen molar-refractivity contribution in [3.8, 4) is 5.75 Å². The van der Waals surface area contributed by atoms with E-state index >= 15 is 0 Å². The van der Waals surface area contributed by atoms with Gasteiger partial charge < -0.3 is 14.6 Å². The minimum absolute atomic E-state index is 0.599. The zero-order valence-electron chi connectivity index (χ0n) is 13.0. The van der Waals surface area contributed by atoms with Crippen LogP contribution in [0.4, 0.5) is 0 Å². The Hall–Kier alpha value is -1.88. The van der Waals surface area contributed by atoms with E-state index < -0.39 is 0 Å². The standard InChI is InChI=1S/C17H22N4O/c1-22-15-7-2-12(3-8-15)4-9-16-19-20-17-10-13-5-6-14(18-13)11-21(16)17/h2-3,7-8,13-14,18H,4-6,9-11H2,1H3. The highest BCUT2D eigenvalue weighted by atomic mass is 16.5. The molecule has 0 aliphatic carbocycles. The molecular formula is C17H22N4O. The first-order chi connectivity index (χ1) is 10.8. The molecule has 2 unspecified atom stereocenters. The van der Waals surface area contributed by atoms with Crippen molar-refractivity contribution in [1.82, 2.24) is 20.1 Å². The first-order valence-corrected chi connectivity index (χ1v) is 8.12. The van der Waals surface area contributed by atoms with Gasteiger partial charge in [-0.25, -0.2) is 0 Å². The van der Waals surface area contributed by atoms with E-state index in [1.165, 1.54) is 18.4 Å². The Morgan fingerprint density at radius 3 is 2.77 bits per heavy atom. The van der Waals surface area contributed by atoms with Crippen LogP contribution in [0.15, 0.2) is 24.3 Å². The van der Waals surface area contributed by atoms with E-state index in [4.69, 9.17) is 4.74 Å². The normalized spacial score (nSPS) is 23.1. The van der Waals surface area contributed by atoms with Crippen molar-refractivity contribution in [3.05, 3.63) is 41.5 Å². The molecule has 0 amide bonds. The molecule has 2 aliphatic rings. The minimum Gasteiger partial charge on any atom is -0.497 e. The lowest BCUT2D eigenvalue weighted by atomic mass is 10.1. The van der Waals surface area contributed by atoms with Gasteiger partial charge in [-0.15, -0.1) is 10.2 Å². The van der Waals surface area contributed by atoms with Crippen LogP contribution < -0.4 is 10.1 Å². The van der Waals surface area contributed by atoms with Crippen molar-refractivity contribution in [3.63, 3.8) is 0 Å². The molecular weight excluding hydrogens is 276 g/mol. The van der Waals surface area contributed by atoms with Crippen LogP contribution in [0.25, 0.3) is 0 Å². The quantitative estimate of drug-likeness (QED) is 0.934. The van der Waals surface area contributed by atoms with Crippen LogP contribution in [-0.2, 0) is 25.8 Å². The zero-order valence-corrected chi connectivity index (χ0v) is 13.0. The van der Waals surface area contributed by atoms with Gasteiger partial charge in [-0.2, -0.15) is 0 Å². The van der Waals surface area contributed by atoms with Crippen LogP contribution in [0.3, 0.4) is 0 Å². The van der Waals surface area contributed by atoms with E-state index in [9.17, 15) is 0 Å². The first kappa shape index (κ1) is 13.8. The number of ether oxygens (including phenoxy) is 1. The number of fused-ring (bicyclic) bond motifs is 3. The fourth-order valence-electron chi connectivity index (χ4n) is 3.62. The van der Waals surface area contributed by atoms with Crippen molar-refractivity contribution in [2.75, 3.05) is 7.11 Å². The van der Waals surface area contributed by atoms with Gasteiger partial charge >= 0.3 is 0 Å². The van der Waals surface area contributed by atoms with E-state index in [1.54, 1.807) is 7.11 Å². The van der Waals surface area contributed by atoms with Crippen molar-refractivity contribution >= 4 is 0 Å². The molecule has 1 aromatic heterocycles. The van der Waals surface area contributed by atoms with Crippen LogP contribution in [0.5, 0.6) is 5.75 Å². The smallest absolute Gasteiger partial charge is 0.134 e. The average molecular weight is 298 g/mol. The Labute approximate surface area is 130 Å². The van der Waals surface area contributed by atoms with Gasteiger partial charge in [0, 0.05) is 31.5 Å². The molecule has 0 spiro atoms. The summed E-state index contributed by atoms with van der Waals surface area (Å²) in [5.74, 6) is 3.19. The molecule has 0 saturated carbocycles. The van der Waals surface area contributed by atoms with Crippen molar-refractivity contribution < 1.29 is 4.74 Å². The van der Waals surface area contributed by atoms with Gasteiger partial charge in [0.1, 0.15) is 17.4 Å². The molecule has 1 saturated heterocycles. The molecule has 0 radical (unpaired) electrons. The van der Waals surface area contributed by atoms with Gasteiger partial charge in [-0.3, -0.25) is 0 Å². The average Bonchev–Trinajstić information content (AvgIpc) is 3.08. The summed E-state index contributed by atoms with van der Waals surface area (Å²) in [4.78, 5) is 0. The molecule has 2 atom stereocenters. The fraction of sp³-hybridized carbons (Fsp3) is 0.529. The molecule has 1 fully saturated rings. The summed E-state index contributed by atoms with van der Waals surface area (Å²) in [5, 5.41) is 12.6. The fourth-order valence-corrected chi connectivity index (χ4v) is 3.62. The van der Waals surface area contributed by atoms with E-state index in [-0.39, 0.29) is 0 Å². The van der Waals surface area contributed by atoms with Gasteiger partial charge in [0.05, 0.1) is 7.11 Å². The number of benzene rings is 1. The lowest BCUT2D eigenvalue weighted by Gasteiger charge is -2.13. The molecule has 2 aliphatic heterocycles. The van der Waals surface area contributed by atoms with E-state index in [1.807, 2.05) is 12.1 Å². The molecule has 3 heterocycles. The molecule has 116 valence electrons. The topological polar surface area (TPSA) is 52.0 Å². The lowest BCUT2D eigenvalue weighted by Crippen LogP contribution is -2.30. The predicted octanol–water partition coefficient (Wildman–Crippen LogP) is 1.75. The van der Waals surface area contributed by atoms with Crippen molar-refractivity contribution in [1.29, 1.82) is 0 Å². The SMILES string of the molecule is COc1ccc(CCc2nnc3n2CC2CCC(C3)N2)cc1. The highest BCUT2D eigenvalue weighted by Gasteiger charge is 2.30. The van der Waals surface area contributed by atoms with Gasteiger partial charge in [-0.05, 0) is 37.0 Å². The largest absolute Gasteiger partial charge is 0.497 e. The maximum absolute atomic E-state index is 5.20. The zero-order chi connectivity index (χ0) is 14.9. The number of aromatic nitrogens is 3. The van der Waals surface area contributed by atoms with Gasteiger partial charge in [0.15, 0.2) is 0 Å². The van der Waals surface area contributed by atoms with E-state index in [0.29, 0.717) is 12.1 Å². The third-order valence-electron chi connectivity index (χ3n) is 4.87.